The highest BCUT2D eigenvalue weighted by molar-refractivity contribution is 6.11. The zero-order valence-corrected chi connectivity index (χ0v) is 6.82. The molecule has 60 valence electrons. The molecule has 0 fully saturated rings. The van der Waals surface area contributed by atoms with Gasteiger partial charge in [-0.3, -0.25) is 9.79 Å². The number of rotatable bonds is 0. The zero-order chi connectivity index (χ0) is 8.55. The van der Waals surface area contributed by atoms with Crippen LogP contribution in [0.4, 0.5) is 5.69 Å². The van der Waals surface area contributed by atoms with Crippen LogP contribution in [0.15, 0.2) is 29.3 Å². The number of hydrogen-bond donors (Lipinski definition) is 0. The topological polar surface area (TPSA) is 29.4 Å². The molecule has 0 N–H and O–H groups in total. The van der Waals surface area contributed by atoms with E-state index < -0.39 is 0 Å². The molecule has 0 radical (unpaired) electrons. The minimum Gasteiger partial charge on any atom is -0.293 e. The van der Waals surface area contributed by atoms with E-state index in [-0.39, 0.29) is 11.7 Å². The van der Waals surface area contributed by atoms with Crippen LogP contribution >= 0.6 is 0 Å². The molecule has 1 heterocycles. The first kappa shape index (κ1) is 7.22. The van der Waals surface area contributed by atoms with Crippen LogP contribution in [0.1, 0.15) is 17.3 Å². The summed E-state index contributed by atoms with van der Waals surface area (Å²) >= 11 is 0. The molecular weight excluding hydrogens is 150 g/mol. The lowest BCUT2D eigenvalue weighted by molar-refractivity contribution is 0.0962. The van der Waals surface area contributed by atoms with Gasteiger partial charge in [-0.25, -0.2) is 0 Å². The Hall–Kier alpha value is -1.44. The molecule has 2 heteroatoms. The van der Waals surface area contributed by atoms with Gasteiger partial charge in [0.05, 0.1) is 11.6 Å². The minimum absolute atomic E-state index is 0.0695. The first-order valence-electron chi connectivity index (χ1n) is 3.96. The minimum atomic E-state index is -0.0695. The van der Waals surface area contributed by atoms with Crippen LogP contribution < -0.4 is 0 Å². The number of fused-ring (bicyclic) bond motifs is 1. The van der Waals surface area contributed by atoms with E-state index in [1.54, 1.807) is 6.21 Å². The van der Waals surface area contributed by atoms with Gasteiger partial charge in [0.15, 0.2) is 5.78 Å². The first-order chi connectivity index (χ1) is 5.79. The molecule has 0 aromatic heterocycles. The molecule has 1 aliphatic heterocycles. The van der Waals surface area contributed by atoms with Gasteiger partial charge >= 0.3 is 0 Å². The predicted octanol–water partition coefficient (Wildman–Crippen LogP) is 2.22. The summed E-state index contributed by atoms with van der Waals surface area (Å²) in [5, 5.41) is 0. The van der Waals surface area contributed by atoms with Gasteiger partial charge in [0.2, 0.25) is 0 Å². The number of Topliss-reactive ketones (excluding diaryl/α,β-unsaturated/α-hetero) is 1. The number of carbonyl (C=O) groups is 1. The number of para-hydroxylation sites is 1. The van der Waals surface area contributed by atoms with Gasteiger partial charge in [-0.2, -0.15) is 0 Å². The Labute approximate surface area is 70.9 Å². The van der Waals surface area contributed by atoms with E-state index in [1.807, 2.05) is 31.2 Å². The number of hydrogen-bond acceptors (Lipinski definition) is 2. The van der Waals surface area contributed by atoms with E-state index in [4.69, 9.17) is 0 Å². The maximum absolute atomic E-state index is 11.5. The van der Waals surface area contributed by atoms with Crippen LogP contribution in [0.2, 0.25) is 0 Å². The lowest BCUT2D eigenvalue weighted by Gasteiger charge is -2.12. The standard InChI is InChI=1S/C10H9NO/c1-7-6-11-9-5-3-2-4-8(9)10(7)12/h2-7H,1H3. The number of benzene rings is 1. The van der Waals surface area contributed by atoms with Crippen LogP contribution in [0.3, 0.4) is 0 Å². The summed E-state index contributed by atoms with van der Waals surface area (Å²) in [5.74, 6) is 0.0977. The lowest BCUT2D eigenvalue weighted by atomic mass is 9.96. The van der Waals surface area contributed by atoms with Gasteiger partial charge in [-0.15, -0.1) is 0 Å². The van der Waals surface area contributed by atoms with Crippen molar-refractivity contribution in [3.63, 3.8) is 0 Å². The van der Waals surface area contributed by atoms with Crippen molar-refractivity contribution in [2.45, 2.75) is 6.92 Å². The highest BCUT2D eigenvalue weighted by atomic mass is 16.1. The Morgan fingerprint density at radius 2 is 2.08 bits per heavy atom. The fraction of sp³-hybridized carbons (Fsp3) is 0.200. The summed E-state index contributed by atoms with van der Waals surface area (Å²) in [7, 11) is 0. The zero-order valence-electron chi connectivity index (χ0n) is 6.82. The Balaban J connectivity index is 2.59. The smallest absolute Gasteiger partial charge is 0.173 e. The molecule has 1 unspecified atom stereocenters. The molecule has 12 heavy (non-hydrogen) atoms. The van der Waals surface area contributed by atoms with E-state index >= 15 is 0 Å². The third-order valence-electron chi connectivity index (χ3n) is 2.02. The molecule has 1 atom stereocenters. The maximum Gasteiger partial charge on any atom is 0.173 e. The maximum atomic E-state index is 11.5. The summed E-state index contributed by atoms with van der Waals surface area (Å²) in [5.41, 5.74) is 1.54. The molecule has 1 aromatic rings. The Morgan fingerprint density at radius 3 is 2.92 bits per heavy atom. The molecule has 0 amide bonds. The van der Waals surface area contributed by atoms with Crippen molar-refractivity contribution >= 4 is 17.7 Å². The highest BCUT2D eigenvalue weighted by Gasteiger charge is 2.19. The van der Waals surface area contributed by atoms with Gasteiger partial charge in [-0.05, 0) is 12.1 Å². The molecule has 0 bridgehead atoms. The summed E-state index contributed by atoms with van der Waals surface area (Å²) in [4.78, 5) is 15.7. The van der Waals surface area contributed by atoms with E-state index in [2.05, 4.69) is 4.99 Å². The van der Waals surface area contributed by atoms with E-state index in [9.17, 15) is 4.79 Å². The van der Waals surface area contributed by atoms with Crippen LogP contribution in [0.5, 0.6) is 0 Å². The van der Waals surface area contributed by atoms with Crippen molar-refractivity contribution in [2.24, 2.45) is 10.9 Å². The van der Waals surface area contributed by atoms with Gasteiger partial charge in [0, 0.05) is 11.8 Å². The summed E-state index contributed by atoms with van der Waals surface area (Å²) < 4.78 is 0. The second-order valence-corrected chi connectivity index (χ2v) is 2.95. The molecule has 0 spiro atoms. The molecule has 2 rings (SSSR count). The molecule has 2 nitrogen and oxygen atoms in total. The van der Waals surface area contributed by atoms with Gasteiger partial charge < -0.3 is 0 Å². The van der Waals surface area contributed by atoms with Gasteiger partial charge in [0.1, 0.15) is 0 Å². The molecule has 0 aliphatic carbocycles. The van der Waals surface area contributed by atoms with E-state index in [1.165, 1.54) is 0 Å². The molecule has 0 saturated carbocycles. The van der Waals surface area contributed by atoms with E-state index in [0.29, 0.717) is 0 Å². The molecular formula is C10H9NO. The quantitative estimate of drug-likeness (QED) is 0.570. The normalized spacial score (nSPS) is 20.8. The average Bonchev–Trinajstić information content (AvgIpc) is 2.12. The molecule has 0 saturated heterocycles. The second kappa shape index (κ2) is 2.55. The molecule has 1 aliphatic rings. The SMILES string of the molecule is CC1C=Nc2ccccc2C1=O. The molecule has 1 aromatic carbocycles. The number of ketones is 1. The number of aliphatic imine (C=N–C) groups is 1. The van der Waals surface area contributed by atoms with Crippen LogP contribution in [-0.2, 0) is 0 Å². The van der Waals surface area contributed by atoms with Crippen molar-refractivity contribution in [3.8, 4) is 0 Å². The lowest BCUT2D eigenvalue weighted by Crippen LogP contribution is -2.15. The van der Waals surface area contributed by atoms with Crippen molar-refractivity contribution < 1.29 is 4.79 Å². The first-order valence-corrected chi connectivity index (χ1v) is 3.96. The fourth-order valence-corrected chi connectivity index (χ4v) is 1.30. The summed E-state index contributed by atoms with van der Waals surface area (Å²) in [6.07, 6.45) is 1.70. The monoisotopic (exact) mass is 159 g/mol. The van der Waals surface area contributed by atoms with E-state index in [0.717, 1.165) is 11.3 Å². The van der Waals surface area contributed by atoms with Crippen LogP contribution in [0.25, 0.3) is 0 Å². The Kier molecular flexibility index (Phi) is 1.54. The van der Waals surface area contributed by atoms with Crippen molar-refractivity contribution in [1.82, 2.24) is 0 Å². The van der Waals surface area contributed by atoms with Crippen molar-refractivity contribution in [2.75, 3.05) is 0 Å². The van der Waals surface area contributed by atoms with Gasteiger partial charge in [-0.1, -0.05) is 19.1 Å². The third kappa shape index (κ3) is 0.961. The predicted molar refractivity (Wildman–Crippen MR) is 48.1 cm³/mol. The highest BCUT2D eigenvalue weighted by Crippen LogP contribution is 2.24. The van der Waals surface area contributed by atoms with Crippen LogP contribution in [0, 0.1) is 5.92 Å². The third-order valence-corrected chi connectivity index (χ3v) is 2.02. The number of nitrogens with zero attached hydrogens (tertiary/aromatic N) is 1. The Bertz CT molecular complexity index is 355. The summed E-state index contributed by atoms with van der Waals surface area (Å²) in [6.45, 7) is 1.86. The summed E-state index contributed by atoms with van der Waals surface area (Å²) in [6, 6.07) is 7.43. The van der Waals surface area contributed by atoms with Crippen molar-refractivity contribution in [3.05, 3.63) is 29.8 Å². The largest absolute Gasteiger partial charge is 0.293 e. The van der Waals surface area contributed by atoms with Crippen LogP contribution in [-0.4, -0.2) is 12.0 Å². The van der Waals surface area contributed by atoms with Crippen molar-refractivity contribution in [1.29, 1.82) is 0 Å². The average molecular weight is 159 g/mol. The number of carbonyl (C=O) groups excluding carboxylic acids is 1. The Morgan fingerprint density at radius 1 is 1.33 bits per heavy atom. The second-order valence-electron chi connectivity index (χ2n) is 2.95. The van der Waals surface area contributed by atoms with Gasteiger partial charge in [0.25, 0.3) is 0 Å². The fourth-order valence-electron chi connectivity index (χ4n) is 1.30.